The Morgan fingerprint density at radius 1 is 1.60 bits per heavy atom. The van der Waals surface area contributed by atoms with E-state index in [0.29, 0.717) is 23.8 Å². The van der Waals surface area contributed by atoms with Crippen LogP contribution in [0.3, 0.4) is 0 Å². The smallest absolute Gasteiger partial charge is 0.223 e. The number of rotatable bonds is 4. The Morgan fingerprint density at radius 2 is 2.33 bits per heavy atom. The number of nitrogens with one attached hydrogen (secondary N) is 1. The summed E-state index contributed by atoms with van der Waals surface area (Å²) < 4.78 is 0. The van der Waals surface area contributed by atoms with Crippen LogP contribution in [0.4, 0.5) is 5.82 Å². The van der Waals surface area contributed by atoms with Crippen LogP contribution in [0.15, 0.2) is 12.5 Å². The standard InChI is InChI=1S/C9H13ClN4O/c1-14(2)8(15)3-4-12-9-7(10)5-11-6-13-9/h5-6H,3-4H2,1-2H3,(H,11,12,13). The molecule has 0 saturated carbocycles. The summed E-state index contributed by atoms with van der Waals surface area (Å²) in [4.78, 5) is 20.5. The first-order valence-electron chi connectivity index (χ1n) is 4.51. The van der Waals surface area contributed by atoms with E-state index in [1.165, 1.54) is 12.5 Å². The van der Waals surface area contributed by atoms with Crippen LogP contribution in [0.25, 0.3) is 0 Å². The Bertz CT molecular complexity index is 343. The van der Waals surface area contributed by atoms with Crippen LogP contribution in [-0.4, -0.2) is 41.4 Å². The van der Waals surface area contributed by atoms with E-state index in [9.17, 15) is 4.79 Å². The van der Waals surface area contributed by atoms with Gasteiger partial charge in [0, 0.05) is 27.1 Å². The molecule has 0 aliphatic carbocycles. The third-order valence-corrected chi connectivity index (χ3v) is 2.07. The molecule has 0 atom stereocenters. The lowest BCUT2D eigenvalue weighted by Gasteiger charge is -2.10. The van der Waals surface area contributed by atoms with E-state index >= 15 is 0 Å². The number of amides is 1. The Labute approximate surface area is 93.5 Å². The van der Waals surface area contributed by atoms with Gasteiger partial charge in [-0.05, 0) is 0 Å². The van der Waals surface area contributed by atoms with Gasteiger partial charge in [0.1, 0.15) is 17.2 Å². The van der Waals surface area contributed by atoms with Gasteiger partial charge in [-0.3, -0.25) is 4.79 Å². The highest BCUT2D eigenvalue weighted by atomic mass is 35.5. The molecular formula is C9H13ClN4O. The van der Waals surface area contributed by atoms with E-state index in [-0.39, 0.29) is 5.91 Å². The fourth-order valence-corrected chi connectivity index (χ4v) is 1.13. The molecule has 5 nitrogen and oxygen atoms in total. The predicted molar refractivity (Wildman–Crippen MR) is 58.8 cm³/mol. The first-order valence-corrected chi connectivity index (χ1v) is 4.88. The first kappa shape index (κ1) is 11.7. The van der Waals surface area contributed by atoms with Crippen LogP contribution in [0.1, 0.15) is 6.42 Å². The molecule has 1 N–H and O–H groups in total. The van der Waals surface area contributed by atoms with Gasteiger partial charge < -0.3 is 10.2 Å². The molecule has 0 saturated heterocycles. The van der Waals surface area contributed by atoms with Gasteiger partial charge in [-0.15, -0.1) is 0 Å². The molecule has 0 radical (unpaired) electrons. The zero-order valence-electron chi connectivity index (χ0n) is 8.70. The minimum Gasteiger partial charge on any atom is -0.368 e. The minimum absolute atomic E-state index is 0.0627. The summed E-state index contributed by atoms with van der Waals surface area (Å²) in [5.41, 5.74) is 0. The topological polar surface area (TPSA) is 58.1 Å². The maximum Gasteiger partial charge on any atom is 0.223 e. The average molecular weight is 229 g/mol. The fraction of sp³-hybridized carbons (Fsp3) is 0.444. The van der Waals surface area contributed by atoms with E-state index in [1.807, 2.05) is 0 Å². The molecule has 1 heterocycles. The Kier molecular flexibility index (Phi) is 4.30. The highest BCUT2D eigenvalue weighted by Gasteiger charge is 2.04. The van der Waals surface area contributed by atoms with Gasteiger partial charge in [-0.2, -0.15) is 0 Å². The molecule has 0 unspecified atom stereocenters. The zero-order chi connectivity index (χ0) is 11.3. The molecule has 1 aromatic rings. The van der Waals surface area contributed by atoms with Gasteiger partial charge >= 0.3 is 0 Å². The zero-order valence-corrected chi connectivity index (χ0v) is 9.45. The highest BCUT2D eigenvalue weighted by molar-refractivity contribution is 6.32. The van der Waals surface area contributed by atoms with Crippen LogP contribution in [0, 0.1) is 0 Å². The fourth-order valence-electron chi connectivity index (χ4n) is 0.954. The van der Waals surface area contributed by atoms with Crippen molar-refractivity contribution in [3.05, 3.63) is 17.5 Å². The molecule has 0 aromatic carbocycles. The Hall–Kier alpha value is -1.36. The van der Waals surface area contributed by atoms with Crippen molar-refractivity contribution in [1.82, 2.24) is 14.9 Å². The Balaban J connectivity index is 2.38. The SMILES string of the molecule is CN(C)C(=O)CCNc1ncncc1Cl. The highest BCUT2D eigenvalue weighted by Crippen LogP contribution is 2.15. The molecule has 82 valence electrons. The first-order chi connectivity index (χ1) is 7.11. The molecule has 0 bridgehead atoms. The molecule has 1 aromatic heterocycles. The predicted octanol–water partition coefficient (Wildman–Crippen LogP) is 1.02. The number of carbonyl (C=O) groups is 1. The van der Waals surface area contributed by atoms with Crippen molar-refractivity contribution in [3.63, 3.8) is 0 Å². The third-order valence-electron chi connectivity index (χ3n) is 1.80. The molecule has 0 aliphatic rings. The van der Waals surface area contributed by atoms with Crippen LogP contribution in [0.2, 0.25) is 5.02 Å². The minimum atomic E-state index is 0.0627. The van der Waals surface area contributed by atoms with Crippen molar-refractivity contribution < 1.29 is 4.79 Å². The largest absolute Gasteiger partial charge is 0.368 e. The van der Waals surface area contributed by atoms with Gasteiger partial charge in [0.15, 0.2) is 0 Å². The average Bonchev–Trinajstić information content (AvgIpc) is 2.20. The molecule has 0 fully saturated rings. The van der Waals surface area contributed by atoms with Crippen molar-refractivity contribution in [1.29, 1.82) is 0 Å². The number of anilines is 1. The summed E-state index contributed by atoms with van der Waals surface area (Å²) in [7, 11) is 3.44. The quantitative estimate of drug-likeness (QED) is 0.836. The summed E-state index contributed by atoms with van der Waals surface area (Å²) in [6.45, 7) is 0.508. The summed E-state index contributed by atoms with van der Waals surface area (Å²) in [5, 5.41) is 3.42. The number of hydrogen-bond acceptors (Lipinski definition) is 4. The molecule has 0 spiro atoms. The van der Waals surface area contributed by atoms with Crippen LogP contribution in [-0.2, 0) is 4.79 Å². The van der Waals surface area contributed by atoms with E-state index in [0.717, 1.165) is 0 Å². The van der Waals surface area contributed by atoms with Crippen molar-refractivity contribution in [2.45, 2.75) is 6.42 Å². The molecule has 15 heavy (non-hydrogen) atoms. The van der Waals surface area contributed by atoms with Gasteiger partial charge in [0.2, 0.25) is 5.91 Å². The maximum atomic E-state index is 11.2. The maximum absolute atomic E-state index is 11.2. The van der Waals surface area contributed by atoms with Gasteiger partial charge in [0.05, 0.1) is 6.20 Å². The number of hydrogen-bond donors (Lipinski definition) is 1. The number of nitrogens with zero attached hydrogens (tertiary/aromatic N) is 3. The summed E-state index contributed by atoms with van der Waals surface area (Å²) in [6, 6.07) is 0. The van der Waals surface area contributed by atoms with Crippen LogP contribution in [0.5, 0.6) is 0 Å². The molecule has 0 aliphatic heterocycles. The second-order valence-corrected chi connectivity index (χ2v) is 3.59. The van der Waals surface area contributed by atoms with Gasteiger partial charge in [-0.25, -0.2) is 9.97 Å². The molecule has 1 amide bonds. The summed E-state index contributed by atoms with van der Waals surface area (Å²) in [6.07, 6.45) is 3.32. The lowest BCUT2D eigenvalue weighted by atomic mass is 10.4. The van der Waals surface area contributed by atoms with Gasteiger partial charge in [-0.1, -0.05) is 11.6 Å². The van der Waals surface area contributed by atoms with Gasteiger partial charge in [0.25, 0.3) is 0 Å². The lowest BCUT2D eigenvalue weighted by Crippen LogP contribution is -2.24. The summed E-state index contributed by atoms with van der Waals surface area (Å²) >= 11 is 5.82. The second kappa shape index (κ2) is 5.50. The molecule has 6 heteroatoms. The monoisotopic (exact) mass is 228 g/mol. The third kappa shape index (κ3) is 3.71. The second-order valence-electron chi connectivity index (χ2n) is 3.18. The number of halogens is 1. The van der Waals surface area contributed by atoms with E-state index < -0.39 is 0 Å². The number of carbonyl (C=O) groups excluding carboxylic acids is 1. The molecule has 1 rings (SSSR count). The number of aromatic nitrogens is 2. The summed E-state index contributed by atoms with van der Waals surface area (Å²) in [5.74, 6) is 0.617. The lowest BCUT2D eigenvalue weighted by molar-refractivity contribution is -0.128. The van der Waals surface area contributed by atoms with Crippen LogP contribution >= 0.6 is 11.6 Å². The van der Waals surface area contributed by atoms with Crippen molar-refractivity contribution >= 4 is 23.3 Å². The van der Waals surface area contributed by atoms with Crippen LogP contribution < -0.4 is 5.32 Å². The normalized spacial score (nSPS) is 9.80. The van der Waals surface area contributed by atoms with Crippen molar-refractivity contribution in [2.75, 3.05) is 26.0 Å². The van der Waals surface area contributed by atoms with Crippen molar-refractivity contribution in [3.8, 4) is 0 Å². The van der Waals surface area contributed by atoms with Crippen molar-refractivity contribution in [2.24, 2.45) is 0 Å². The molecular weight excluding hydrogens is 216 g/mol. The Morgan fingerprint density at radius 3 is 2.93 bits per heavy atom. The van der Waals surface area contributed by atoms with E-state index in [4.69, 9.17) is 11.6 Å². The van der Waals surface area contributed by atoms with E-state index in [1.54, 1.807) is 19.0 Å². The van der Waals surface area contributed by atoms with E-state index in [2.05, 4.69) is 15.3 Å².